The van der Waals surface area contributed by atoms with Gasteiger partial charge in [0.25, 0.3) is 0 Å². The highest BCUT2D eigenvalue weighted by atomic mass is 16.5. The number of hydrogen-bond donors (Lipinski definition) is 1. The Bertz CT molecular complexity index is 871. The lowest BCUT2D eigenvalue weighted by Gasteiger charge is -2.37. The van der Waals surface area contributed by atoms with E-state index in [0.717, 1.165) is 49.8 Å². The molecular weight excluding hydrogens is 366 g/mol. The minimum atomic E-state index is -0.0694. The summed E-state index contributed by atoms with van der Waals surface area (Å²) in [5.41, 5.74) is 2.71. The maximum absolute atomic E-state index is 13.0. The number of methoxy groups -OCH3 is 1. The van der Waals surface area contributed by atoms with E-state index in [4.69, 9.17) is 9.72 Å². The molecule has 2 aliphatic carbocycles. The van der Waals surface area contributed by atoms with Crippen LogP contribution in [0.15, 0.2) is 24.8 Å². The molecule has 0 aromatic carbocycles. The van der Waals surface area contributed by atoms with Gasteiger partial charge in [0.15, 0.2) is 5.82 Å². The van der Waals surface area contributed by atoms with Crippen LogP contribution in [0.2, 0.25) is 0 Å². The molecule has 2 heterocycles. The first-order valence-corrected chi connectivity index (χ1v) is 10.4. The van der Waals surface area contributed by atoms with Gasteiger partial charge in [-0.3, -0.25) is 9.78 Å². The van der Waals surface area contributed by atoms with Gasteiger partial charge in [-0.15, -0.1) is 0 Å². The first kappa shape index (κ1) is 19.9. The minimum Gasteiger partial charge on any atom is -0.381 e. The van der Waals surface area contributed by atoms with Crippen LogP contribution in [-0.4, -0.2) is 39.1 Å². The van der Waals surface area contributed by atoms with E-state index in [2.05, 4.69) is 34.1 Å². The van der Waals surface area contributed by atoms with E-state index in [9.17, 15) is 4.79 Å². The number of carbonyl (C=O) groups excluding carboxylic acids is 1. The van der Waals surface area contributed by atoms with Gasteiger partial charge < -0.3 is 10.1 Å². The van der Waals surface area contributed by atoms with Crippen LogP contribution >= 0.6 is 0 Å². The Labute approximate surface area is 171 Å². The number of hydrogen-bond acceptors (Lipinski definition) is 6. The van der Waals surface area contributed by atoms with Crippen LogP contribution in [0, 0.1) is 11.3 Å². The maximum atomic E-state index is 13.0. The highest BCUT2D eigenvalue weighted by Gasteiger charge is 2.36. The molecule has 1 N–H and O–H groups in total. The fourth-order valence-electron chi connectivity index (χ4n) is 4.60. The van der Waals surface area contributed by atoms with Crippen LogP contribution in [0.4, 0.5) is 0 Å². The van der Waals surface area contributed by atoms with Gasteiger partial charge in [-0.2, -0.15) is 0 Å². The zero-order valence-electron chi connectivity index (χ0n) is 17.4. The standard InChI is InChI=1S/C22H29N5O2/c1-22(2)10-17-16(12-25-20(26-17)19-13-23-7-8-24-19)18(11-22)27-21(28)14-5-4-6-15(9-14)29-3/h7-8,12-15,18H,4-6,9-11H2,1-3H3,(H,27,28). The Morgan fingerprint density at radius 2 is 2.07 bits per heavy atom. The van der Waals surface area contributed by atoms with Gasteiger partial charge in [-0.1, -0.05) is 20.3 Å². The van der Waals surface area contributed by atoms with Gasteiger partial charge in [0, 0.05) is 37.2 Å². The van der Waals surface area contributed by atoms with Crippen molar-refractivity contribution in [1.29, 1.82) is 0 Å². The van der Waals surface area contributed by atoms with Crippen LogP contribution in [-0.2, 0) is 16.0 Å². The lowest BCUT2D eigenvalue weighted by atomic mass is 9.74. The first-order valence-electron chi connectivity index (χ1n) is 10.4. The zero-order valence-corrected chi connectivity index (χ0v) is 17.4. The van der Waals surface area contributed by atoms with Crippen molar-refractivity contribution in [2.24, 2.45) is 11.3 Å². The number of aromatic nitrogens is 4. The molecule has 1 fully saturated rings. The second-order valence-electron chi connectivity index (χ2n) is 9.01. The molecule has 1 amide bonds. The van der Waals surface area contributed by atoms with Gasteiger partial charge in [0.1, 0.15) is 5.69 Å². The molecule has 7 heteroatoms. The molecule has 3 unspecified atom stereocenters. The predicted molar refractivity (Wildman–Crippen MR) is 109 cm³/mol. The molecule has 0 radical (unpaired) electrons. The normalized spacial score (nSPS) is 25.8. The second kappa shape index (κ2) is 8.14. The van der Waals surface area contributed by atoms with E-state index in [1.807, 2.05) is 6.20 Å². The third-order valence-electron chi connectivity index (χ3n) is 6.12. The van der Waals surface area contributed by atoms with Gasteiger partial charge in [0.2, 0.25) is 5.91 Å². The second-order valence-corrected chi connectivity index (χ2v) is 9.01. The van der Waals surface area contributed by atoms with Crippen molar-refractivity contribution in [3.05, 3.63) is 36.0 Å². The van der Waals surface area contributed by atoms with Crippen molar-refractivity contribution in [3.63, 3.8) is 0 Å². The quantitative estimate of drug-likeness (QED) is 0.854. The Morgan fingerprint density at radius 3 is 2.83 bits per heavy atom. The average Bonchev–Trinajstić information content (AvgIpc) is 2.73. The van der Waals surface area contributed by atoms with Crippen molar-refractivity contribution in [1.82, 2.24) is 25.3 Å². The minimum absolute atomic E-state index is 0.0157. The molecular formula is C22H29N5O2. The van der Waals surface area contributed by atoms with Crippen LogP contribution < -0.4 is 5.32 Å². The molecule has 0 saturated heterocycles. The number of fused-ring (bicyclic) bond motifs is 1. The molecule has 7 nitrogen and oxygen atoms in total. The molecule has 4 rings (SSSR count). The highest BCUT2D eigenvalue weighted by molar-refractivity contribution is 5.79. The van der Waals surface area contributed by atoms with E-state index in [0.29, 0.717) is 11.5 Å². The van der Waals surface area contributed by atoms with Crippen molar-refractivity contribution in [3.8, 4) is 11.5 Å². The molecule has 0 spiro atoms. The van der Waals surface area contributed by atoms with Gasteiger partial charge in [-0.05, 0) is 37.5 Å². The summed E-state index contributed by atoms with van der Waals surface area (Å²) in [6.07, 6.45) is 12.5. The molecule has 29 heavy (non-hydrogen) atoms. The van der Waals surface area contributed by atoms with Gasteiger partial charge in [0.05, 0.1) is 24.0 Å². The van der Waals surface area contributed by atoms with Gasteiger partial charge >= 0.3 is 0 Å². The van der Waals surface area contributed by atoms with Crippen molar-refractivity contribution < 1.29 is 9.53 Å². The van der Waals surface area contributed by atoms with Gasteiger partial charge in [-0.25, -0.2) is 15.0 Å². The molecule has 1 saturated carbocycles. The summed E-state index contributed by atoms with van der Waals surface area (Å²) in [5.74, 6) is 0.718. The smallest absolute Gasteiger partial charge is 0.223 e. The SMILES string of the molecule is COC1CCCC(C(=O)NC2CC(C)(C)Cc3nc(-c4cnccn4)ncc32)C1. The number of nitrogens with one attached hydrogen (secondary N) is 1. The monoisotopic (exact) mass is 395 g/mol. The maximum Gasteiger partial charge on any atom is 0.223 e. The fourth-order valence-corrected chi connectivity index (χ4v) is 4.60. The van der Waals surface area contributed by atoms with E-state index in [-0.39, 0.29) is 29.4 Å². The third-order valence-corrected chi connectivity index (χ3v) is 6.12. The largest absolute Gasteiger partial charge is 0.381 e. The Morgan fingerprint density at radius 1 is 1.21 bits per heavy atom. The van der Waals surface area contributed by atoms with Crippen LogP contribution in [0.5, 0.6) is 0 Å². The summed E-state index contributed by atoms with van der Waals surface area (Å²) < 4.78 is 5.50. The summed E-state index contributed by atoms with van der Waals surface area (Å²) in [7, 11) is 1.73. The molecule has 154 valence electrons. The predicted octanol–water partition coefficient (Wildman–Crippen LogP) is 3.27. The number of ether oxygens (including phenoxy) is 1. The average molecular weight is 396 g/mol. The highest BCUT2D eigenvalue weighted by Crippen LogP contribution is 2.40. The third kappa shape index (κ3) is 4.45. The van der Waals surface area contributed by atoms with Crippen molar-refractivity contribution >= 4 is 5.91 Å². The lowest BCUT2D eigenvalue weighted by Crippen LogP contribution is -2.41. The topological polar surface area (TPSA) is 89.9 Å². The summed E-state index contributed by atoms with van der Waals surface area (Å²) in [5, 5.41) is 3.30. The number of nitrogens with zero attached hydrogens (tertiary/aromatic N) is 4. The number of amides is 1. The summed E-state index contributed by atoms with van der Waals surface area (Å²) in [6, 6.07) is -0.0694. The Balaban J connectivity index is 1.56. The molecule has 2 aromatic rings. The Kier molecular flexibility index (Phi) is 5.58. The summed E-state index contributed by atoms with van der Waals surface area (Å²) in [4.78, 5) is 30.7. The van der Waals surface area contributed by atoms with E-state index in [1.165, 1.54) is 0 Å². The van der Waals surface area contributed by atoms with Crippen molar-refractivity contribution in [2.45, 2.75) is 64.5 Å². The molecule has 3 atom stereocenters. The zero-order chi connectivity index (χ0) is 20.4. The van der Waals surface area contributed by atoms with E-state index < -0.39 is 0 Å². The molecule has 0 aliphatic heterocycles. The molecule has 2 aliphatic rings. The van der Waals surface area contributed by atoms with E-state index in [1.54, 1.807) is 25.7 Å². The van der Waals surface area contributed by atoms with Crippen LogP contribution in [0.3, 0.4) is 0 Å². The van der Waals surface area contributed by atoms with E-state index >= 15 is 0 Å². The molecule has 0 bridgehead atoms. The molecule has 2 aromatic heterocycles. The first-order chi connectivity index (χ1) is 13.9. The summed E-state index contributed by atoms with van der Waals surface area (Å²) in [6.45, 7) is 4.45. The van der Waals surface area contributed by atoms with Crippen LogP contribution in [0.1, 0.15) is 63.3 Å². The lowest BCUT2D eigenvalue weighted by molar-refractivity contribution is -0.128. The number of rotatable bonds is 4. The van der Waals surface area contributed by atoms with Crippen LogP contribution in [0.25, 0.3) is 11.5 Å². The Hall–Kier alpha value is -2.41. The summed E-state index contributed by atoms with van der Waals surface area (Å²) >= 11 is 0. The van der Waals surface area contributed by atoms with Crippen molar-refractivity contribution in [2.75, 3.05) is 7.11 Å². The fraction of sp³-hybridized carbons (Fsp3) is 0.591. The number of carbonyl (C=O) groups is 1.